The number of benzene rings is 1. The molecule has 0 N–H and O–H groups in total. The van der Waals surface area contributed by atoms with Crippen molar-refractivity contribution in [2.24, 2.45) is 0 Å². The molecule has 0 amide bonds. The maximum absolute atomic E-state index is 5.28. The van der Waals surface area contributed by atoms with Crippen molar-refractivity contribution in [3.63, 3.8) is 0 Å². The highest BCUT2D eigenvalue weighted by Crippen LogP contribution is 2.29. The second-order valence-corrected chi connectivity index (χ2v) is 5.20. The molecule has 0 aliphatic heterocycles. The normalized spacial score (nSPS) is 10.8. The first-order valence-corrected chi connectivity index (χ1v) is 7.04. The van der Waals surface area contributed by atoms with Crippen molar-refractivity contribution in [3.05, 3.63) is 35.3 Å². The molecular weight excluding hydrogens is 272 g/mol. The topological polar surface area (TPSA) is 44.2 Å². The van der Waals surface area contributed by atoms with Crippen molar-refractivity contribution in [2.75, 3.05) is 14.2 Å². The van der Waals surface area contributed by atoms with Crippen LogP contribution in [-0.4, -0.2) is 24.2 Å². The minimum atomic E-state index is 0.644. The van der Waals surface area contributed by atoms with Gasteiger partial charge in [0.1, 0.15) is 11.4 Å². The van der Waals surface area contributed by atoms with E-state index in [4.69, 9.17) is 9.47 Å². The fourth-order valence-corrected chi connectivity index (χ4v) is 2.77. The fourth-order valence-electron chi connectivity index (χ4n) is 2.14. The van der Waals surface area contributed by atoms with Crippen LogP contribution in [0.4, 0.5) is 0 Å². The van der Waals surface area contributed by atoms with E-state index in [9.17, 15) is 0 Å². The van der Waals surface area contributed by atoms with Crippen LogP contribution >= 0.6 is 11.3 Å². The number of ether oxygens (including phenoxy) is 2. The van der Waals surface area contributed by atoms with Gasteiger partial charge in [0.15, 0.2) is 0 Å². The Labute approximate surface area is 121 Å². The van der Waals surface area contributed by atoms with Crippen LogP contribution < -0.4 is 9.47 Å². The number of thiazole rings is 1. The first-order chi connectivity index (χ1) is 9.71. The monoisotopic (exact) mass is 286 g/mol. The Bertz CT molecular complexity index is 768. The molecule has 0 saturated heterocycles. The predicted molar refractivity (Wildman–Crippen MR) is 80.7 cm³/mol. The Morgan fingerprint density at radius 2 is 1.85 bits per heavy atom. The molecule has 2 aromatic heterocycles. The fraction of sp³-hybridized carbons (Fsp3) is 0.200. The lowest BCUT2D eigenvalue weighted by Crippen LogP contribution is -1.91. The van der Waals surface area contributed by atoms with E-state index >= 15 is 0 Å². The van der Waals surface area contributed by atoms with Gasteiger partial charge >= 0.3 is 0 Å². The molecule has 1 aromatic carbocycles. The van der Waals surface area contributed by atoms with Gasteiger partial charge in [-0.25, -0.2) is 4.98 Å². The Kier molecular flexibility index (Phi) is 3.28. The molecule has 0 spiro atoms. The highest BCUT2D eigenvalue weighted by atomic mass is 32.1. The molecule has 0 saturated carbocycles. The molecule has 0 aliphatic carbocycles. The lowest BCUT2D eigenvalue weighted by molar-refractivity contribution is 0.412. The van der Waals surface area contributed by atoms with E-state index in [1.807, 2.05) is 36.6 Å². The molecule has 102 valence electrons. The molecular formula is C15H14N2O2S. The molecule has 0 radical (unpaired) electrons. The molecule has 0 aliphatic rings. The van der Waals surface area contributed by atoms with Gasteiger partial charge in [-0.2, -0.15) is 0 Å². The van der Waals surface area contributed by atoms with Gasteiger partial charge in [0.05, 0.1) is 19.9 Å². The summed E-state index contributed by atoms with van der Waals surface area (Å²) in [5, 5.41) is 4.81. The standard InChI is InChI=1S/C15H14N2O2S/c1-9-12-5-4-11(18-2)6-10(12)7-13(16-9)14-8-20-15(17-14)19-3/h4-8H,1-3H3. The van der Waals surface area contributed by atoms with Gasteiger partial charge in [-0.15, -0.1) is 0 Å². The van der Waals surface area contributed by atoms with Gasteiger partial charge in [0.2, 0.25) is 0 Å². The molecule has 5 heteroatoms. The minimum absolute atomic E-state index is 0.644. The first-order valence-electron chi connectivity index (χ1n) is 6.16. The van der Waals surface area contributed by atoms with Crippen molar-refractivity contribution in [1.82, 2.24) is 9.97 Å². The summed E-state index contributed by atoms with van der Waals surface area (Å²) in [6, 6.07) is 8.01. The summed E-state index contributed by atoms with van der Waals surface area (Å²) < 4.78 is 10.4. The van der Waals surface area contributed by atoms with Crippen LogP contribution in [0.2, 0.25) is 0 Å². The van der Waals surface area contributed by atoms with Gasteiger partial charge in [0.25, 0.3) is 5.19 Å². The van der Waals surface area contributed by atoms with Crippen LogP contribution in [0, 0.1) is 6.92 Å². The van der Waals surface area contributed by atoms with Crippen molar-refractivity contribution in [3.8, 4) is 22.3 Å². The highest BCUT2D eigenvalue weighted by molar-refractivity contribution is 7.11. The summed E-state index contributed by atoms with van der Waals surface area (Å²) in [4.78, 5) is 9.01. The van der Waals surface area contributed by atoms with Crippen molar-refractivity contribution in [1.29, 1.82) is 0 Å². The van der Waals surface area contributed by atoms with Crippen LogP contribution in [0.1, 0.15) is 5.69 Å². The average molecular weight is 286 g/mol. The van der Waals surface area contributed by atoms with E-state index in [1.54, 1.807) is 14.2 Å². The second-order valence-electron chi connectivity index (χ2n) is 4.38. The number of fused-ring (bicyclic) bond motifs is 1. The number of methoxy groups -OCH3 is 2. The molecule has 2 heterocycles. The van der Waals surface area contributed by atoms with E-state index in [1.165, 1.54) is 11.3 Å². The quantitative estimate of drug-likeness (QED) is 0.736. The Balaban J connectivity index is 2.16. The summed E-state index contributed by atoms with van der Waals surface area (Å²) in [5.74, 6) is 0.838. The number of nitrogens with zero attached hydrogens (tertiary/aromatic N) is 2. The molecule has 3 rings (SSSR count). The smallest absolute Gasteiger partial charge is 0.273 e. The Morgan fingerprint density at radius 3 is 2.55 bits per heavy atom. The summed E-state index contributed by atoms with van der Waals surface area (Å²) in [7, 11) is 3.29. The zero-order valence-electron chi connectivity index (χ0n) is 11.5. The van der Waals surface area contributed by atoms with E-state index in [0.29, 0.717) is 5.19 Å². The van der Waals surface area contributed by atoms with Crippen molar-refractivity contribution in [2.45, 2.75) is 6.92 Å². The van der Waals surface area contributed by atoms with Crippen LogP contribution in [0.25, 0.3) is 22.2 Å². The summed E-state index contributed by atoms with van der Waals surface area (Å²) >= 11 is 1.47. The largest absolute Gasteiger partial charge is 0.497 e. The molecule has 20 heavy (non-hydrogen) atoms. The minimum Gasteiger partial charge on any atom is -0.497 e. The van der Waals surface area contributed by atoms with Crippen molar-refractivity contribution < 1.29 is 9.47 Å². The van der Waals surface area contributed by atoms with E-state index in [2.05, 4.69) is 9.97 Å². The number of hydrogen-bond acceptors (Lipinski definition) is 5. The van der Waals surface area contributed by atoms with Crippen LogP contribution in [-0.2, 0) is 0 Å². The second kappa shape index (κ2) is 5.09. The summed E-state index contributed by atoms with van der Waals surface area (Å²) in [6.07, 6.45) is 0. The summed E-state index contributed by atoms with van der Waals surface area (Å²) in [6.45, 7) is 2.00. The number of aryl methyl sites for hydroxylation is 1. The molecule has 0 bridgehead atoms. The number of rotatable bonds is 3. The first kappa shape index (κ1) is 12.9. The van der Waals surface area contributed by atoms with Crippen LogP contribution in [0.3, 0.4) is 0 Å². The number of pyridine rings is 1. The van der Waals surface area contributed by atoms with E-state index in [0.717, 1.165) is 33.6 Å². The van der Waals surface area contributed by atoms with E-state index < -0.39 is 0 Å². The van der Waals surface area contributed by atoms with Crippen LogP contribution in [0.5, 0.6) is 10.9 Å². The molecule has 0 atom stereocenters. The Morgan fingerprint density at radius 1 is 1.00 bits per heavy atom. The molecule has 0 unspecified atom stereocenters. The van der Waals surface area contributed by atoms with Crippen LogP contribution in [0.15, 0.2) is 29.6 Å². The number of aromatic nitrogens is 2. The lowest BCUT2D eigenvalue weighted by atomic mass is 10.1. The lowest BCUT2D eigenvalue weighted by Gasteiger charge is -2.07. The third-order valence-corrected chi connectivity index (χ3v) is 3.95. The third-order valence-electron chi connectivity index (χ3n) is 3.15. The SMILES string of the molecule is COc1ccc2c(C)nc(-c3csc(OC)n3)cc2c1. The molecule has 0 fully saturated rings. The predicted octanol–water partition coefficient (Wildman–Crippen LogP) is 3.68. The highest BCUT2D eigenvalue weighted by Gasteiger charge is 2.09. The average Bonchev–Trinajstić information content (AvgIpc) is 2.95. The zero-order valence-corrected chi connectivity index (χ0v) is 12.3. The van der Waals surface area contributed by atoms with Gasteiger partial charge in [-0.3, -0.25) is 4.98 Å². The maximum atomic E-state index is 5.28. The van der Waals surface area contributed by atoms with Crippen molar-refractivity contribution >= 4 is 22.1 Å². The van der Waals surface area contributed by atoms with Gasteiger partial charge in [-0.1, -0.05) is 11.3 Å². The summed E-state index contributed by atoms with van der Waals surface area (Å²) in [5.41, 5.74) is 2.66. The van der Waals surface area contributed by atoms with E-state index in [-0.39, 0.29) is 0 Å². The molecule has 3 aromatic rings. The van der Waals surface area contributed by atoms with Gasteiger partial charge < -0.3 is 9.47 Å². The number of hydrogen-bond donors (Lipinski definition) is 0. The zero-order chi connectivity index (χ0) is 14.1. The van der Waals surface area contributed by atoms with Gasteiger partial charge in [0, 0.05) is 16.5 Å². The maximum Gasteiger partial charge on any atom is 0.273 e. The third kappa shape index (κ3) is 2.20. The Hall–Kier alpha value is -2.14. The molecule has 4 nitrogen and oxygen atoms in total. The van der Waals surface area contributed by atoms with Gasteiger partial charge in [-0.05, 0) is 36.6 Å².